The molecule has 22 heteroatoms. The molecule has 0 amide bonds. The fourth-order valence-corrected chi connectivity index (χ4v) is 5.97. The first kappa shape index (κ1) is 26.0. The molecule has 0 spiro atoms. The van der Waals surface area contributed by atoms with E-state index in [4.69, 9.17) is 25.2 Å². The van der Waals surface area contributed by atoms with Gasteiger partial charge >= 0.3 is 23.5 Å². The summed E-state index contributed by atoms with van der Waals surface area (Å²) in [6, 6.07) is 0. The lowest BCUT2D eigenvalue weighted by molar-refractivity contribution is -0.0560. The maximum atomic E-state index is 15.3. The van der Waals surface area contributed by atoms with Crippen molar-refractivity contribution >= 4 is 40.6 Å². The summed E-state index contributed by atoms with van der Waals surface area (Å²) in [4.78, 5) is 57.3. The summed E-state index contributed by atoms with van der Waals surface area (Å²) in [6.45, 7) is -0.209. The number of nitrogens with zero attached hydrogens (tertiary/aromatic N) is 3. The van der Waals surface area contributed by atoms with Crippen molar-refractivity contribution in [2.75, 3.05) is 12.3 Å². The standard InChI is InChI=1S/C11H17FN5O13P3/c1-11(12)6(18)4(2-27-32(23,24)30-33(25,26)29-31(20,21)22)28-9(11)17-3-14-5-7(17)15-10(13)16-8(5)19/h3-4,6,9,18H,2H2,1H3,(H,23,24)(H,25,26)(H2,20,21,22)(H3,13,15,16,19)/t4?,6-,9-,11-/m1/s1. The second kappa shape index (κ2) is 8.57. The Morgan fingerprint density at radius 2 is 1.91 bits per heavy atom. The average molecular weight is 539 g/mol. The van der Waals surface area contributed by atoms with E-state index in [1.165, 1.54) is 0 Å². The summed E-state index contributed by atoms with van der Waals surface area (Å²) in [5.41, 5.74) is 1.69. The average Bonchev–Trinajstić information content (AvgIpc) is 3.10. The van der Waals surface area contributed by atoms with Gasteiger partial charge in [-0.1, -0.05) is 0 Å². The van der Waals surface area contributed by atoms with E-state index in [-0.39, 0.29) is 17.1 Å². The largest absolute Gasteiger partial charge is 0.490 e. The number of nitrogen functional groups attached to an aromatic ring is 1. The molecule has 3 rings (SSSR count). The molecule has 1 fully saturated rings. The molecule has 2 aromatic rings. The van der Waals surface area contributed by atoms with Crippen LogP contribution in [0.1, 0.15) is 13.2 Å². The van der Waals surface area contributed by atoms with Crippen LogP contribution < -0.4 is 11.3 Å². The quantitative estimate of drug-likeness (QED) is 0.199. The summed E-state index contributed by atoms with van der Waals surface area (Å²) in [5.74, 6) is -0.322. The Morgan fingerprint density at radius 1 is 1.27 bits per heavy atom. The Labute approximate surface area is 181 Å². The third-order valence-electron chi connectivity index (χ3n) is 4.24. The van der Waals surface area contributed by atoms with Crippen LogP contribution in [0.15, 0.2) is 11.1 Å². The van der Waals surface area contributed by atoms with Crippen molar-refractivity contribution in [1.82, 2.24) is 19.5 Å². The molecule has 2 aromatic heterocycles. The van der Waals surface area contributed by atoms with Crippen molar-refractivity contribution in [3.8, 4) is 0 Å². The number of phosphoric ester groups is 1. The van der Waals surface area contributed by atoms with E-state index < -0.39 is 59.7 Å². The number of fused-ring (bicyclic) bond motifs is 1. The van der Waals surface area contributed by atoms with Gasteiger partial charge in [-0.3, -0.25) is 18.9 Å². The number of nitrogens with two attached hydrogens (primary N) is 1. The van der Waals surface area contributed by atoms with Crippen LogP contribution in [0.25, 0.3) is 11.2 Å². The molecule has 3 heterocycles. The molecule has 18 nitrogen and oxygen atoms in total. The van der Waals surface area contributed by atoms with Crippen molar-refractivity contribution in [2.45, 2.75) is 31.0 Å². The predicted molar refractivity (Wildman–Crippen MR) is 102 cm³/mol. The maximum absolute atomic E-state index is 15.3. The zero-order valence-electron chi connectivity index (χ0n) is 16.2. The molecule has 0 radical (unpaired) electrons. The summed E-state index contributed by atoms with van der Waals surface area (Å²) < 4.78 is 66.9. The van der Waals surface area contributed by atoms with Gasteiger partial charge < -0.3 is 35.2 Å². The summed E-state index contributed by atoms with van der Waals surface area (Å²) in [6.07, 6.45) is -4.43. The van der Waals surface area contributed by atoms with Crippen molar-refractivity contribution < 1.29 is 60.6 Å². The number of aromatic nitrogens is 4. The second-order valence-corrected chi connectivity index (χ2v) is 11.2. The van der Waals surface area contributed by atoms with Gasteiger partial charge in [0.1, 0.15) is 12.2 Å². The number of aliphatic hydroxyl groups excluding tert-OH is 1. The number of anilines is 1. The molecule has 0 bridgehead atoms. The minimum atomic E-state index is -5.77. The molecule has 186 valence electrons. The number of H-pyrrole nitrogens is 1. The Morgan fingerprint density at radius 3 is 2.52 bits per heavy atom. The molecule has 1 aliphatic rings. The highest BCUT2D eigenvalue weighted by Gasteiger charge is 2.56. The predicted octanol–water partition coefficient (Wildman–Crippen LogP) is -0.968. The highest BCUT2D eigenvalue weighted by Crippen LogP contribution is 2.66. The summed E-state index contributed by atoms with van der Waals surface area (Å²) >= 11 is 0. The smallest absolute Gasteiger partial charge is 0.387 e. The third-order valence-corrected chi connectivity index (χ3v) is 8.04. The molecular weight excluding hydrogens is 522 g/mol. The zero-order chi connectivity index (χ0) is 25.0. The van der Waals surface area contributed by atoms with Crippen molar-refractivity contribution in [1.29, 1.82) is 0 Å². The van der Waals surface area contributed by atoms with Crippen LogP contribution in [0.4, 0.5) is 10.3 Å². The number of phosphoric acid groups is 3. The van der Waals surface area contributed by atoms with Gasteiger partial charge in [0.05, 0.1) is 12.9 Å². The number of nitrogens with one attached hydrogen (secondary N) is 1. The van der Waals surface area contributed by atoms with Gasteiger partial charge in [0, 0.05) is 0 Å². The van der Waals surface area contributed by atoms with E-state index in [0.717, 1.165) is 17.8 Å². The monoisotopic (exact) mass is 539 g/mol. The van der Waals surface area contributed by atoms with Crippen LogP contribution in [0.5, 0.6) is 0 Å². The number of imidazole rings is 1. The third kappa shape index (κ3) is 5.74. The van der Waals surface area contributed by atoms with Gasteiger partial charge in [0.2, 0.25) is 5.95 Å². The van der Waals surface area contributed by atoms with Gasteiger partial charge in [-0.15, -0.1) is 0 Å². The number of hydrogen-bond acceptors (Lipinski definition) is 12. The Balaban J connectivity index is 1.78. The van der Waals surface area contributed by atoms with Crippen LogP contribution in [-0.4, -0.2) is 68.7 Å². The lowest BCUT2D eigenvalue weighted by Gasteiger charge is -2.24. The number of halogens is 1. The first-order chi connectivity index (χ1) is 14.9. The molecule has 1 saturated heterocycles. The second-order valence-electron chi connectivity index (χ2n) is 6.78. The number of hydrogen-bond donors (Lipinski definition) is 7. The van der Waals surface area contributed by atoms with Gasteiger partial charge in [0.25, 0.3) is 5.56 Å². The van der Waals surface area contributed by atoms with E-state index in [9.17, 15) is 28.5 Å². The minimum absolute atomic E-state index is 0.203. The van der Waals surface area contributed by atoms with Gasteiger partial charge in [-0.05, 0) is 6.92 Å². The Hall–Kier alpha value is -1.59. The zero-order valence-corrected chi connectivity index (χ0v) is 18.8. The van der Waals surface area contributed by atoms with E-state index >= 15 is 4.39 Å². The van der Waals surface area contributed by atoms with E-state index in [1.807, 2.05) is 0 Å². The summed E-state index contributed by atoms with van der Waals surface area (Å²) in [5, 5.41) is 10.3. The van der Waals surface area contributed by atoms with Crippen LogP contribution in [0.2, 0.25) is 0 Å². The highest BCUT2D eigenvalue weighted by atomic mass is 31.3. The minimum Gasteiger partial charge on any atom is -0.387 e. The number of aromatic amines is 1. The number of aliphatic hydroxyl groups is 1. The van der Waals surface area contributed by atoms with E-state index in [2.05, 4.69) is 28.1 Å². The topological polar surface area (TPSA) is 279 Å². The molecule has 8 N–H and O–H groups in total. The Bertz CT molecular complexity index is 1260. The fraction of sp³-hybridized carbons (Fsp3) is 0.545. The summed E-state index contributed by atoms with van der Waals surface area (Å²) in [7, 11) is -16.9. The number of ether oxygens (including phenoxy) is 1. The lowest BCUT2D eigenvalue weighted by Crippen LogP contribution is -2.40. The fourth-order valence-electron chi connectivity index (χ4n) is 2.94. The van der Waals surface area contributed by atoms with Crippen molar-refractivity contribution in [2.24, 2.45) is 0 Å². The molecular formula is C11H17FN5O13P3. The molecule has 0 saturated carbocycles. The SMILES string of the molecule is C[C@@]1(F)[C@H](O)C(COP(=O)(O)OP(=O)(O)OP(=O)(O)O)O[C@H]1n1cnc2c(=O)[nH]c(N)nc21. The van der Waals surface area contributed by atoms with Crippen LogP contribution >= 0.6 is 23.5 Å². The molecule has 0 aliphatic carbocycles. The number of rotatable bonds is 8. The molecule has 3 unspecified atom stereocenters. The van der Waals surface area contributed by atoms with Gasteiger partial charge in [0.15, 0.2) is 23.1 Å². The lowest BCUT2D eigenvalue weighted by atomic mass is 9.98. The normalized spacial score (nSPS) is 29.7. The highest BCUT2D eigenvalue weighted by molar-refractivity contribution is 7.66. The van der Waals surface area contributed by atoms with Crippen molar-refractivity contribution in [3.05, 3.63) is 16.7 Å². The van der Waals surface area contributed by atoms with E-state index in [0.29, 0.717) is 0 Å². The van der Waals surface area contributed by atoms with Crippen molar-refractivity contribution in [3.63, 3.8) is 0 Å². The molecule has 33 heavy (non-hydrogen) atoms. The van der Waals surface area contributed by atoms with Crippen LogP contribution in [-0.2, 0) is 31.6 Å². The van der Waals surface area contributed by atoms with Gasteiger partial charge in [-0.2, -0.15) is 13.6 Å². The van der Waals surface area contributed by atoms with Gasteiger partial charge in [-0.25, -0.2) is 23.1 Å². The number of alkyl halides is 1. The Kier molecular flexibility index (Phi) is 6.76. The first-order valence-corrected chi connectivity index (χ1v) is 13.0. The molecule has 0 aromatic carbocycles. The molecule has 1 aliphatic heterocycles. The maximum Gasteiger partial charge on any atom is 0.490 e. The molecule has 6 atom stereocenters. The first-order valence-electron chi connectivity index (χ1n) is 8.45. The van der Waals surface area contributed by atoms with Crippen LogP contribution in [0, 0.1) is 0 Å². The van der Waals surface area contributed by atoms with E-state index in [1.54, 1.807) is 0 Å². The van der Waals surface area contributed by atoms with Crippen LogP contribution in [0.3, 0.4) is 0 Å².